The van der Waals surface area contributed by atoms with Crippen LogP contribution in [-0.2, 0) is 11.3 Å². The topological polar surface area (TPSA) is 32.7 Å². The Hall–Kier alpha value is -1.23. The summed E-state index contributed by atoms with van der Waals surface area (Å²) in [6, 6.07) is 6.66. The summed E-state index contributed by atoms with van der Waals surface area (Å²) in [4.78, 5) is 1.95. The first-order valence-electron chi connectivity index (χ1n) is 6.29. The third-order valence-electron chi connectivity index (χ3n) is 2.95. The largest absolute Gasteiger partial charge is 0.385 e. The Morgan fingerprint density at radius 2 is 2.16 bits per heavy atom. The fourth-order valence-electron chi connectivity index (χ4n) is 1.82. The Bertz CT molecular complexity index is 407. The molecule has 1 aromatic carbocycles. The monoisotopic (exact) mass is 267 g/mol. The first kappa shape index (κ1) is 15.8. The lowest BCUT2D eigenvalue weighted by atomic mass is 10.1. The predicted molar refractivity (Wildman–Crippen MR) is 74.4 cm³/mol. The van der Waals surface area contributed by atoms with Crippen LogP contribution in [0.5, 0.6) is 0 Å². The van der Waals surface area contributed by atoms with Crippen LogP contribution in [0, 0.1) is 5.82 Å². The number of hydrogen-bond acceptors (Lipinski definition) is 3. The van der Waals surface area contributed by atoms with E-state index in [1.165, 1.54) is 12.1 Å². The standard InChI is InChI=1S/C15H22FNO2/c1-4-15(2,18)12-17(9-10-19-3)11-13-7-5-6-8-14(13)16/h4-8,18H,1,9-12H2,2-3H3. The quantitative estimate of drug-likeness (QED) is 0.733. The molecule has 0 aliphatic rings. The highest BCUT2D eigenvalue weighted by Gasteiger charge is 2.20. The third-order valence-corrected chi connectivity index (χ3v) is 2.95. The Balaban J connectivity index is 2.74. The lowest BCUT2D eigenvalue weighted by molar-refractivity contribution is 0.0461. The lowest BCUT2D eigenvalue weighted by Crippen LogP contribution is -2.40. The molecule has 0 radical (unpaired) electrons. The van der Waals surface area contributed by atoms with E-state index < -0.39 is 5.60 Å². The molecule has 0 fully saturated rings. The molecule has 0 amide bonds. The van der Waals surface area contributed by atoms with Crippen molar-refractivity contribution in [3.63, 3.8) is 0 Å². The SMILES string of the molecule is C=CC(C)(O)CN(CCOC)Cc1ccccc1F. The highest BCUT2D eigenvalue weighted by molar-refractivity contribution is 5.17. The highest BCUT2D eigenvalue weighted by atomic mass is 19.1. The van der Waals surface area contributed by atoms with Gasteiger partial charge in [0, 0.05) is 32.3 Å². The van der Waals surface area contributed by atoms with Gasteiger partial charge in [-0.2, -0.15) is 0 Å². The van der Waals surface area contributed by atoms with Crippen molar-refractivity contribution in [3.8, 4) is 0 Å². The molecule has 0 saturated heterocycles. The van der Waals surface area contributed by atoms with Crippen molar-refractivity contribution < 1.29 is 14.2 Å². The number of benzene rings is 1. The molecule has 3 nitrogen and oxygen atoms in total. The molecule has 0 bridgehead atoms. The summed E-state index contributed by atoms with van der Waals surface area (Å²) < 4.78 is 18.7. The fourth-order valence-corrected chi connectivity index (χ4v) is 1.82. The van der Waals surface area contributed by atoms with E-state index in [1.807, 2.05) is 4.90 Å². The maximum atomic E-state index is 13.6. The van der Waals surface area contributed by atoms with E-state index in [0.29, 0.717) is 31.8 Å². The molecule has 1 atom stereocenters. The average Bonchev–Trinajstić information content (AvgIpc) is 2.38. The normalized spacial score (nSPS) is 14.4. The van der Waals surface area contributed by atoms with Gasteiger partial charge in [0.25, 0.3) is 0 Å². The van der Waals surface area contributed by atoms with Gasteiger partial charge in [0.05, 0.1) is 12.2 Å². The van der Waals surface area contributed by atoms with Gasteiger partial charge in [-0.3, -0.25) is 4.90 Å². The van der Waals surface area contributed by atoms with Crippen LogP contribution in [0.2, 0.25) is 0 Å². The molecule has 1 aromatic rings. The van der Waals surface area contributed by atoms with Crippen LogP contribution in [0.25, 0.3) is 0 Å². The van der Waals surface area contributed by atoms with E-state index in [2.05, 4.69) is 6.58 Å². The van der Waals surface area contributed by atoms with Gasteiger partial charge in [-0.25, -0.2) is 4.39 Å². The molecule has 0 aliphatic carbocycles. The zero-order valence-corrected chi connectivity index (χ0v) is 11.6. The molecule has 4 heteroatoms. The average molecular weight is 267 g/mol. The zero-order chi connectivity index (χ0) is 14.3. The van der Waals surface area contributed by atoms with Gasteiger partial charge in [-0.15, -0.1) is 6.58 Å². The molecular weight excluding hydrogens is 245 g/mol. The summed E-state index contributed by atoms with van der Waals surface area (Å²) in [6.45, 7) is 7.25. The van der Waals surface area contributed by atoms with Crippen molar-refractivity contribution in [1.29, 1.82) is 0 Å². The van der Waals surface area contributed by atoms with E-state index in [4.69, 9.17) is 4.74 Å². The van der Waals surface area contributed by atoms with Crippen molar-refractivity contribution in [3.05, 3.63) is 48.3 Å². The molecule has 0 heterocycles. The van der Waals surface area contributed by atoms with Crippen molar-refractivity contribution in [2.45, 2.75) is 19.1 Å². The van der Waals surface area contributed by atoms with E-state index >= 15 is 0 Å². The Morgan fingerprint density at radius 3 is 2.74 bits per heavy atom. The summed E-state index contributed by atoms with van der Waals surface area (Å²) in [5.41, 5.74) is -0.391. The number of nitrogens with zero attached hydrogens (tertiary/aromatic N) is 1. The summed E-state index contributed by atoms with van der Waals surface area (Å²) in [5.74, 6) is -0.233. The van der Waals surface area contributed by atoms with Crippen molar-refractivity contribution >= 4 is 0 Å². The maximum Gasteiger partial charge on any atom is 0.127 e. The van der Waals surface area contributed by atoms with Gasteiger partial charge < -0.3 is 9.84 Å². The van der Waals surface area contributed by atoms with Crippen LogP contribution in [0.3, 0.4) is 0 Å². The molecule has 106 valence electrons. The molecular formula is C15H22FNO2. The minimum absolute atomic E-state index is 0.233. The van der Waals surface area contributed by atoms with E-state index in [9.17, 15) is 9.50 Å². The smallest absolute Gasteiger partial charge is 0.127 e. The van der Waals surface area contributed by atoms with Gasteiger partial charge in [-0.05, 0) is 13.0 Å². The first-order valence-corrected chi connectivity index (χ1v) is 6.29. The second kappa shape index (κ2) is 7.38. The number of aliphatic hydroxyl groups is 1. The fraction of sp³-hybridized carbons (Fsp3) is 0.467. The van der Waals surface area contributed by atoms with Crippen LogP contribution in [0.1, 0.15) is 12.5 Å². The van der Waals surface area contributed by atoms with Gasteiger partial charge in [0.15, 0.2) is 0 Å². The molecule has 1 unspecified atom stereocenters. The number of rotatable bonds is 8. The number of ether oxygens (including phenoxy) is 1. The van der Waals surface area contributed by atoms with Gasteiger partial charge in [-0.1, -0.05) is 24.3 Å². The lowest BCUT2D eigenvalue weighted by Gasteiger charge is -2.29. The zero-order valence-electron chi connectivity index (χ0n) is 11.6. The summed E-state index contributed by atoms with van der Waals surface area (Å²) >= 11 is 0. The minimum Gasteiger partial charge on any atom is -0.385 e. The van der Waals surface area contributed by atoms with Gasteiger partial charge >= 0.3 is 0 Å². The number of hydrogen-bond donors (Lipinski definition) is 1. The summed E-state index contributed by atoms with van der Waals surface area (Å²) in [5, 5.41) is 10.0. The molecule has 0 saturated carbocycles. The van der Waals surface area contributed by atoms with Crippen LogP contribution in [0.15, 0.2) is 36.9 Å². The molecule has 0 spiro atoms. The minimum atomic E-state index is -1.00. The number of methoxy groups -OCH3 is 1. The van der Waals surface area contributed by atoms with Crippen LogP contribution >= 0.6 is 0 Å². The van der Waals surface area contributed by atoms with Crippen molar-refractivity contribution in [2.75, 3.05) is 26.8 Å². The summed E-state index contributed by atoms with van der Waals surface area (Å²) in [6.07, 6.45) is 1.49. The van der Waals surface area contributed by atoms with Crippen molar-refractivity contribution in [2.24, 2.45) is 0 Å². The van der Waals surface area contributed by atoms with Crippen molar-refractivity contribution in [1.82, 2.24) is 4.90 Å². The van der Waals surface area contributed by atoms with Crippen LogP contribution in [-0.4, -0.2) is 42.4 Å². The molecule has 0 aliphatic heterocycles. The number of halogens is 1. The van der Waals surface area contributed by atoms with E-state index in [0.717, 1.165) is 0 Å². The molecule has 1 N–H and O–H groups in total. The Labute approximate surface area is 114 Å². The predicted octanol–water partition coefficient (Wildman–Crippen LogP) is 2.21. The van der Waals surface area contributed by atoms with Crippen LogP contribution < -0.4 is 0 Å². The van der Waals surface area contributed by atoms with Gasteiger partial charge in [0.1, 0.15) is 5.82 Å². The third kappa shape index (κ3) is 5.51. The van der Waals surface area contributed by atoms with E-state index in [1.54, 1.807) is 32.2 Å². The van der Waals surface area contributed by atoms with Gasteiger partial charge in [0.2, 0.25) is 0 Å². The van der Waals surface area contributed by atoms with Crippen LogP contribution in [0.4, 0.5) is 4.39 Å². The second-order valence-electron chi connectivity index (χ2n) is 4.86. The molecule has 19 heavy (non-hydrogen) atoms. The Kier molecular flexibility index (Phi) is 6.15. The first-order chi connectivity index (χ1) is 8.98. The second-order valence-corrected chi connectivity index (χ2v) is 4.86. The van der Waals surface area contributed by atoms with E-state index in [-0.39, 0.29) is 5.82 Å². The Morgan fingerprint density at radius 1 is 1.47 bits per heavy atom. The molecule has 1 rings (SSSR count). The highest BCUT2D eigenvalue weighted by Crippen LogP contribution is 2.13. The summed E-state index contributed by atoms with van der Waals surface area (Å²) in [7, 11) is 1.62. The maximum absolute atomic E-state index is 13.6. The molecule has 0 aromatic heterocycles.